The number of pyridine rings is 1. The molecule has 1 saturated heterocycles. The normalized spacial score (nSPS) is 14.9. The van der Waals surface area contributed by atoms with Gasteiger partial charge in [0.05, 0.1) is 18.0 Å². The molecule has 158 valence electrons. The van der Waals surface area contributed by atoms with Crippen LogP contribution in [-0.4, -0.2) is 57.9 Å². The second-order valence-electron chi connectivity index (χ2n) is 7.75. The molecule has 7 heteroatoms. The molecule has 0 bridgehead atoms. The van der Waals surface area contributed by atoms with Gasteiger partial charge in [-0.3, -0.25) is 9.69 Å². The number of fused-ring (bicyclic) bond motifs is 1. The first-order chi connectivity index (χ1) is 14.5. The van der Waals surface area contributed by atoms with Gasteiger partial charge in [0, 0.05) is 57.1 Å². The highest BCUT2D eigenvalue weighted by Gasteiger charge is 2.22. The van der Waals surface area contributed by atoms with Gasteiger partial charge < -0.3 is 19.8 Å². The third kappa shape index (κ3) is 4.26. The van der Waals surface area contributed by atoms with Crippen molar-refractivity contribution in [2.75, 3.05) is 38.5 Å². The van der Waals surface area contributed by atoms with E-state index in [-0.39, 0.29) is 5.91 Å². The summed E-state index contributed by atoms with van der Waals surface area (Å²) in [7, 11) is 0. The van der Waals surface area contributed by atoms with Crippen LogP contribution in [0.15, 0.2) is 42.6 Å². The fourth-order valence-corrected chi connectivity index (χ4v) is 3.85. The Morgan fingerprint density at radius 1 is 1.10 bits per heavy atom. The number of rotatable bonds is 6. The molecular formula is C23H29N5O2. The highest BCUT2D eigenvalue weighted by molar-refractivity contribution is 5.73. The summed E-state index contributed by atoms with van der Waals surface area (Å²) >= 11 is 0. The van der Waals surface area contributed by atoms with Crippen molar-refractivity contribution < 1.29 is 9.53 Å². The van der Waals surface area contributed by atoms with E-state index in [1.807, 2.05) is 35.4 Å². The minimum atomic E-state index is 0.142. The summed E-state index contributed by atoms with van der Waals surface area (Å²) in [6.07, 6.45) is 2.92. The first kappa shape index (κ1) is 20.2. The first-order valence-electron chi connectivity index (χ1n) is 10.5. The fourth-order valence-electron chi connectivity index (χ4n) is 3.85. The number of anilines is 1. The molecule has 0 saturated carbocycles. The molecule has 1 aliphatic heterocycles. The maximum Gasteiger partial charge on any atom is 0.219 e. The average Bonchev–Trinajstić information content (AvgIpc) is 3.10. The summed E-state index contributed by atoms with van der Waals surface area (Å²) < 4.78 is 7.81. The smallest absolute Gasteiger partial charge is 0.219 e. The maximum absolute atomic E-state index is 11.6. The van der Waals surface area contributed by atoms with Crippen molar-refractivity contribution in [2.24, 2.45) is 0 Å². The number of nitrogens with two attached hydrogens (primary N) is 1. The van der Waals surface area contributed by atoms with E-state index >= 15 is 0 Å². The lowest BCUT2D eigenvalue weighted by Gasteiger charge is -2.34. The minimum absolute atomic E-state index is 0.142. The Labute approximate surface area is 177 Å². The molecule has 2 aromatic heterocycles. The lowest BCUT2D eigenvalue weighted by atomic mass is 10.1. The van der Waals surface area contributed by atoms with Crippen molar-refractivity contribution in [3.63, 3.8) is 0 Å². The molecule has 4 rings (SSSR count). The van der Waals surface area contributed by atoms with E-state index in [1.54, 1.807) is 6.92 Å². The molecule has 0 spiro atoms. The zero-order chi connectivity index (χ0) is 21.1. The molecule has 0 aliphatic carbocycles. The summed E-state index contributed by atoms with van der Waals surface area (Å²) in [5.41, 5.74) is 10.8. The Bertz CT molecular complexity index is 1020. The van der Waals surface area contributed by atoms with Crippen LogP contribution in [0.25, 0.3) is 16.9 Å². The molecule has 3 aromatic rings. The second-order valence-corrected chi connectivity index (χ2v) is 7.75. The van der Waals surface area contributed by atoms with Gasteiger partial charge in [0.15, 0.2) is 0 Å². The number of piperazine rings is 1. The number of nitrogen functional groups attached to an aromatic ring is 1. The number of benzene rings is 1. The van der Waals surface area contributed by atoms with E-state index in [9.17, 15) is 4.79 Å². The average molecular weight is 408 g/mol. The summed E-state index contributed by atoms with van der Waals surface area (Å²) in [6, 6.07) is 12.0. The summed E-state index contributed by atoms with van der Waals surface area (Å²) in [5, 5.41) is 0. The number of carbonyl (C=O) groups is 1. The largest absolute Gasteiger partial charge is 0.494 e. The van der Waals surface area contributed by atoms with Crippen LogP contribution in [0.1, 0.15) is 26.0 Å². The first-order valence-corrected chi connectivity index (χ1v) is 10.5. The van der Waals surface area contributed by atoms with Crippen molar-refractivity contribution in [3.8, 4) is 17.0 Å². The Hall–Kier alpha value is -3.06. The molecule has 1 fully saturated rings. The van der Waals surface area contributed by atoms with Crippen LogP contribution in [0.3, 0.4) is 0 Å². The molecule has 1 aromatic carbocycles. The maximum atomic E-state index is 11.6. The molecule has 7 nitrogen and oxygen atoms in total. The number of aromatic nitrogens is 2. The van der Waals surface area contributed by atoms with Crippen LogP contribution in [-0.2, 0) is 11.3 Å². The molecule has 0 radical (unpaired) electrons. The molecule has 0 atom stereocenters. The zero-order valence-electron chi connectivity index (χ0n) is 17.7. The molecule has 1 aliphatic rings. The summed E-state index contributed by atoms with van der Waals surface area (Å²) in [4.78, 5) is 20.8. The van der Waals surface area contributed by atoms with Crippen molar-refractivity contribution in [1.82, 2.24) is 19.2 Å². The van der Waals surface area contributed by atoms with Gasteiger partial charge in [0.25, 0.3) is 0 Å². The van der Waals surface area contributed by atoms with E-state index in [4.69, 9.17) is 15.5 Å². The van der Waals surface area contributed by atoms with E-state index in [0.29, 0.717) is 12.3 Å². The molecule has 30 heavy (non-hydrogen) atoms. The summed E-state index contributed by atoms with van der Waals surface area (Å²) in [5.74, 6) is 1.01. The highest BCUT2D eigenvalue weighted by atomic mass is 16.5. The zero-order valence-corrected chi connectivity index (χ0v) is 17.7. The van der Waals surface area contributed by atoms with Crippen LogP contribution in [0, 0.1) is 0 Å². The van der Waals surface area contributed by atoms with Crippen molar-refractivity contribution >= 4 is 17.2 Å². The van der Waals surface area contributed by atoms with Gasteiger partial charge >= 0.3 is 0 Å². The Morgan fingerprint density at radius 3 is 2.50 bits per heavy atom. The predicted molar refractivity (Wildman–Crippen MR) is 118 cm³/mol. The summed E-state index contributed by atoms with van der Waals surface area (Å²) in [6.45, 7) is 8.40. The van der Waals surface area contributed by atoms with Gasteiger partial charge in [-0.05, 0) is 42.8 Å². The minimum Gasteiger partial charge on any atom is -0.494 e. The van der Waals surface area contributed by atoms with E-state index < -0.39 is 0 Å². The Morgan fingerprint density at radius 2 is 1.83 bits per heavy atom. The monoisotopic (exact) mass is 407 g/mol. The van der Waals surface area contributed by atoms with Gasteiger partial charge in [-0.2, -0.15) is 0 Å². The third-order valence-corrected chi connectivity index (χ3v) is 5.53. The number of hydrogen-bond acceptors (Lipinski definition) is 5. The van der Waals surface area contributed by atoms with Crippen LogP contribution >= 0.6 is 0 Å². The van der Waals surface area contributed by atoms with Crippen molar-refractivity contribution in [3.05, 3.63) is 48.3 Å². The fraction of sp³-hybridized carbons (Fsp3) is 0.391. The third-order valence-electron chi connectivity index (χ3n) is 5.53. The van der Waals surface area contributed by atoms with E-state index in [0.717, 1.165) is 67.5 Å². The highest BCUT2D eigenvalue weighted by Crippen LogP contribution is 2.28. The number of hydrogen-bond donors (Lipinski definition) is 1. The van der Waals surface area contributed by atoms with Gasteiger partial charge in [-0.25, -0.2) is 4.98 Å². The molecule has 2 N–H and O–H groups in total. The second kappa shape index (κ2) is 8.75. The molecule has 0 unspecified atom stereocenters. The quantitative estimate of drug-likeness (QED) is 0.680. The lowest BCUT2D eigenvalue weighted by Crippen LogP contribution is -2.47. The van der Waals surface area contributed by atoms with Crippen LogP contribution in [0.5, 0.6) is 5.75 Å². The van der Waals surface area contributed by atoms with E-state index in [1.165, 1.54) is 0 Å². The van der Waals surface area contributed by atoms with Crippen LogP contribution < -0.4 is 10.5 Å². The number of imidazole rings is 1. The SMILES string of the molecule is CCCOc1ccc(-c2nc3ccc(N)cn3c2CN2CCN(C(C)=O)CC2)cc1. The number of ether oxygens (including phenoxy) is 1. The lowest BCUT2D eigenvalue weighted by molar-refractivity contribution is -0.130. The van der Waals surface area contributed by atoms with Gasteiger partial charge in [0.1, 0.15) is 11.4 Å². The molecular weight excluding hydrogens is 378 g/mol. The van der Waals surface area contributed by atoms with Crippen molar-refractivity contribution in [2.45, 2.75) is 26.8 Å². The Kier molecular flexibility index (Phi) is 5.90. The van der Waals surface area contributed by atoms with Crippen molar-refractivity contribution in [1.29, 1.82) is 0 Å². The van der Waals surface area contributed by atoms with Crippen LogP contribution in [0.4, 0.5) is 5.69 Å². The number of amides is 1. The van der Waals surface area contributed by atoms with E-state index in [2.05, 4.69) is 28.4 Å². The predicted octanol–water partition coefficient (Wildman–Crippen LogP) is 3.04. The van der Waals surface area contributed by atoms with Gasteiger partial charge in [-0.15, -0.1) is 0 Å². The van der Waals surface area contributed by atoms with Crippen LogP contribution in [0.2, 0.25) is 0 Å². The number of nitrogens with zero attached hydrogens (tertiary/aromatic N) is 4. The Balaban J connectivity index is 1.64. The van der Waals surface area contributed by atoms with Gasteiger partial charge in [-0.1, -0.05) is 6.92 Å². The van der Waals surface area contributed by atoms with Gasteiger partial charge in [0.2, 0.25) is 5.91 Å². The number of carbonyl (C=O) groups excluding carboxylic acids is 1. The topological polar surface area (TPSA) is 76.1 Å². The standard InChI is InChI=1S/C23H29N5O2/c1-3-14-30-20-7-4-18(5-8-20)23-21(28-15-19(24)6-9-22(28)25-23)16-26-10-12-27(13-11-26)17(2)29/h4-9,15H,3,10-14,16,24H2,1-2H3. The molecule has 3 heterocycles. The molecule has 1 amide bonds.